The van der Waals surface area contributed by atoms with Crippen molar-refractivity contribution in [1.29, 1.82) is 5.26 Å². The summed E-state index contributed by atoms with van der Waals surface area (Å²) in [5.41, 5.74) is 2.46. The first-order chi connectivity index (χ1) is 9.11. The molecule has 1 heterocycles. The molecule has 0 bridgehead atoms. The van der Waals surface area contributed by atoms with Crippen molar-refractivity contribution in [1.82, 2.24) is 4.90 Å². The van der Waals surface area contributed by atoms with E-state index in [0.29, 0.717) is 6.42 Å². The molecule has 0 spiro atoms. The van der Waals surface area contributed by atoms with Gasteiger partial charge in [0.2, 0.25) is 0 Å². The molecule has 1 aliphatic heterocycles. The molecular formula is C15H20BrN3. The van der Waals surface area contributed by atoms with E-state index in [1.54, 1.807) is 0 Å². The fourth-order valence-corrected chi connectivity index (χ4v) is 3.41. The number of rotatable bonds is 2. The number of hydrogen-bond donors (Lipinski definition) is 0. The van der Waals surface area contributed by atoms with Gasteiger partial charge >= 0.3 is 0 Å². The van der Waals surface area contributed by atoms with Gasteiger partial charge in [-0.2, -0.15) is 5.26 Å². The van der Waals surface area contributed by atoms with E-state index in [1.807, 2.05) is 0 Å². The summed E-state index contributed by atoms with van der Waals surface area (Å²) >= 11 is 3.66. The van der Waals surface area contributed by atoms with Gasteiger partial charge in [-0.1, -0.05) is 6.07 Å². The van der Waals surface area contributed by atoms with Crippen LogP contribution in [0.15, 0.2) is 22.7 Å². The summed E-state index contributed by atoms with van der Waals surface area (Å²) in [6.45, 7) is 5.16. The van der Waals surface area contributed by atoms with Crippen molar-refractivity contribution < 1.29 is 0 Å². The smallest absolute Gasteiger partial charge is 0.0643 e. The minimum atomic E-state index is 0.275. The van der Waals surface area contributed by atoms with Crippen LogP contribution in [0.2, 0.25) is 0 Å². The summed E-state index contributed by atoms with van der Waals surface area (Å²) in [5.74, 6) is 0. The molecule has 1 aromatic rings. The lowest BCUT2D eigenvalue weighted by atomic mass is 10.1. The third-order valence-electron chi connectivity index (χ3n) is 3.64. The predicted octanol–water partition coefficient (Wildman–Crippen LogP) is 3.18. The fourth-order valence-electron chi connectivity index (χ4n) is 2.69. The van der Waals surface area contributed by atoms with Crippen molar-refractivity contribution in [2.24, 2.45) is 0 Å². The largest absolute Gasteiger partial charge is 0.365 e. The van der Waals surface area contributed by atoms with Crippen LogP contribution in [-0.4, -0.2) is 37.6 Å². The van der Waals surface area contributed by atoms with Crippen molar-refractivity contribution >= 4 is 21.6 Å². The molecule has 2 rings (SSSR count). The van der Waals surface area contributed by atoms with Crippen LogP contribution in [0.4, 0.5) is 5.69 Å². The maximum atomic E-state index is 9.07. The number of hydrogen-bond acceptors (Lipinski definition) is 3. The molecule has 4 heteroatoms. The van der Waals surface area contributed by atoms with Gasteiger partial charge in [-0.25, -0.2) is 0 Å². The monoisotopic (exact) mass is 321 g/mol. The van der Waals surface area contributed by atoms with E-state index in [-0.39, 0.29) is 6.04 Å². The van der Waals surface area contributed by atoms with Gasteiger partial charge in [-0.15, -0.1) is 0 Å². The Bertz CT molecular complexity index is 481. The summed E-state index contributed by atoms with van der Waals surface area (Å²) in [6.07, 6.45) is 1.71. The summed E-state index contributed by atoms with van der Waals surface area (Å²) in [7, 11) is 2.14. The van der Waals surface area contributed by atoms with Crippen LogP contribution in [0.25, 0.3) is 0 Å². The Morgan fingerprint density at radius 1 is 1.42 bits per heavy atom. The summed E-state index contributed by atoms with van der Waals surface area (Å²) in [6, 6.07) is 9.05. The highest BCUT2D eigenvalue weighted by Gasteiger charge is 2.24. The lowest BCUT2D eigenvalue weighted by Gasteiger charge is -2.32. The van der Waals surface area contributed by atoms with Gasteiger partial charge in [0.25, 0.3) is 0 Å². The molecule has 1 aliphatic rings. The van der Waals surface area contributed by atoms with E-state index < -0.39 is 0 Å². The van der Waals surface area contributed by atoms with Gasteiger partial charge < -0.3 is 9.80 Å². The molecule has 0 saturated carbocycles. The van der Waals surface area contributed by atoms with E-state index in [9.17, 15) is 0 Å². The van der Waals surface area contributed by atoms with Gasteiger partial charge in [-0.3, -0.25) is 0 Å². The SMILES string of the molecule is Cc1ccc(N2CCCN(C)CC2CC#N)c(Br)c1. The molecule has 1 saturated heterocycles. The molecule has 0 radical (unpaired) electrons. The molecule has 0 aliphatic carbocycles. The number of halogens is 1. The highest BCUT2D eigenvalue weighted by atomic mass is 79.9. The quantitative estimate of drug-likeness (QED) is 0.838. The van der Waals surface area contributed by atoms with Crippen molar-refractivity contribution in [3.8, 4) is 6.07 Å². The molecule has 1 fully saturated rings. The molecule has 1 aromatic carbocycles. The highest BCUT2D eigenvalue weighted by molar-refractivity contribution is 9.10. The van der Waals surface area contributed by atoms with Crippen molar-refractivity contribution in [2.75, 3.05) is 31.6 Å². The Morgan fingerprint density at radius 2 is 2.21 bits per heavy atom. The number of likely N-dealkylation sites (N-methyl/N-ethyl adjacent to an activating group) is 1. The van der Waals surface area contributed by atoms with E-state index in [4.69, 9.17) is 5.26 Å². The molecule has 3 nitrogen and oxygen atoms in total. The first-order valence-corrected chi connectivity index (χ1v) is 7.49. The Labute approximate surface area is 123 Å². The van der Waals surface area contributed by atoms with Gasteiger partial charge in [0.1, 0.15) is 0 Å². The van der Waals surface area contributed by atoms with E-state index in [0.717, 1.165) is 30.5 Å². The number of nitrogens with zero attached hydrogens (tertiary/aromatic N) is 3. The zero-order chi connectivity index (χ0) is 13.8. The standard InChI is InChI=1S/C15H20BrN3/c1-12-4-5-15(14(16)10-12)19-9-3-8-18(2)11-13(19)6-7-17/h4-5,10,13H,3,6,8-9,11H2,1-2H3. The molecular weight excluding hydrogens is 302 g/mol. The molecule has 102 valence electrons. The zero-order valence-corrected chi connectivity index (χ0v) is 13.2. The average Bonchev–Trinajstić information content (AvgIpc) is 2.52. The van der Waals surface area contributed by atoms with Crippen molar-refractivity contribution in [3.63, 3.8) is 0 Å². The summed E-state index contributed by atoms with van der Waals surface area (Å²) in [5, 5.41) is 9.07. The van der Waals surface area contributed by atoms with Crippen LogP contribution in [0.1, 0.15) is 18.4 Å². The van der Waals surface area contributed by atoms with Crippen LogP contribution in [0.5, 0.6) is 0 Å². The normalized spacial score (nSPS) is 20.9. The Kier molecular flexibility index (Phi) is 4.84. The van der Waals surface area contributed by atoms with E-state index >= 15 is 0 Å². The topological polar surface area (TPSA) is 30.3 Å². The first-order valence-electron chi connectivity index (χ1n) is 6.70. The van der Waals surface area contributed by atoms with Crippen LogP contribution >= 0.6 is 15.9 Å². The second-order valence-electron chi connectivity index (χ2n) is 5.28. The maximum absolute atomic E-state index is 9.07. The summed E-state index contributed by atoms with van der Waals surface area (Å²) < 4.78 is 1.12. The van der Waals surface area contributed by atoms with Crippen LogP contribution in [-0.2, 0) is 0 Å². The summed E-state index contributed by atoms with van der Waals surface area (Å²) in [4.78, 5) is 4.71. The minimum absolute atomic E-state index is 0.275. The average molecular weight is 322 g/mol. The number of nitriles is 1. The molecule has 0 N–H and O–H groups in total. The van der Waals surface area contributed by atoms with E-state index in [1.165, 1.54) is 11.3 Å². The van der Waals surface area contributed by atoms with Gasteiger partial charge in [-0.05, 0) is 60.6 Å². The van der Waals surface area contributed by atoms with E-state index in [2.05, 4.69) is 64.0 Å². The third kappa shape index (κ3) is 3.49. The fraction of sp³-hybridized carbons (Fsp3) is 0.533. The van der Waals surface area contributed by atoms with Crippen LogP contribution in [0.3, 0.4) is 0 Å². The van der Waals surface area contributed by atoms with Crippen molar-refractivity contribution in [2.45, 2.75) is 25.8 Å². The van der Waals surface area contributed by atoms with Crippen LogP contribution < -0.4 is 4.90 Å². The van der Waals surface area contributed by atoms with Crippen molar-refractivity contribution in [3.05, 3.63) is 28.2 Å². The van der Waals surface area contributed by atoms with Gasteiger partial charge in [0.15, 0.2) is 0 Å². The highest BCUT2D eigenvalue weighted by Crippen LogP contribution is 2.30. The minimum Gasteiger partial charge on any atom is -0.365 e. The molecule has 19 heavy (non-hydrogen) atoms. The Hall–Kier alpha value is -1.05. The lowest BCUT2D eigenvalue weighted by Crippen LogP contribution is -2.40. The molecule has 1 atom stereocenters. The predicted molar refractivity (Wildman–Crippen MR) is 82.4 cm³/mol. The Balaban J connectivity index is 2.30. The maximum Gasteiger partial charge on any atom is 0.0643 e. The van der Waals surface area contributed by atoms with Crippen LogP contribution in [0, 0.1) is 18.3 Å². The lowest BCUT2D eigenvalue weighted by molar-refractivity contribution is 0.332. The zero-order valence-electron chi connectivity index (χ0n) is 11.6. The number of anilines is 1. The second-order valence-corrected chi connectivity index (χ2v) is 6.13. The molecule has 1 unspecified atom stereocenters. The second kappa shape index (κ2) is 6.40. The van der Waals surface area contributed by atoms with Gasteiger partial charge in [0, 0.05) is 17.6 Å². The van der Waals surface area contributed by atoms with Gasteiger partial charge in [0.05, 0.1) is 24.2 Å². The molecule has 0 amide bonds. The number of aryl methyl sites for hydroxylation is 1. The first kappa shape index (κ1) is 14.4. The Morgan fingerprint density at radius 3 is 2.89 bits per heavy atom. The third-order valence-corrected chi connectivity index (χ3v) is 4.28. The molecule has 0 aromatic heterocycles. The number of benzene rings is 1.